The Kier molecular flexibility index (Phi) is 14.9. The van der Waals surface area contributed by atoms with Crippen LogP contribution in [-0.2, 0) is 38.1 Å². The van der Waals surface area contributed by atoms with Gasteiger partial charge in [0, 0.05) is 19.4 Å². The summed E-state index contributed by atoms with van der Waals surface area (Å²) >= 11 is 0. The van der Waals surface area contributed by atoms with Crippen molar-refractivity contribution in [2.24, 2.45) is 0 Å². The van der Waals surface area contributed by atoms with Crippen LogP contribution in [0.5, 0.6) is 0 Å². The number of esters is 4. The highest BCUT2D eigenvalue weighted by Crippen LogP contribution is 2.01. The van der Waals surface area contributed by atoms with Crippen LogP contribution < -0.4 is 0 Å². The molecular formula is C16H26O10. The summed E-state index contributed by atoms with van der Waals surface area (Å²) in [7, 11) is 0. The maximum absolute atomic E-state index is 11.4. The van der Waals surface area contributed by atoms with Crippen LogP contribution in [0.2, 0.25) is 0 Å². The minimum Gasteiger partial charge on any atom is -0.466 e. The third-order valence-corrected chi connectivity index (χ3v) is 2.92. The van der Waals surface area contributed by atoms with Crippen LogP contribution in [-0.4, -0.2) is 73.7 Å². The molecule has 0 saturated heterocycles. The molecule has 2 N–H and O–H groups in total. The van der Waals surface area contributed by atoms with Gasteiger partial charge < -0.3 is 29.2 Å². The molecule has 0 aliphatic heterocycles. The fourth-order valence-corrected chi connectivity index (χ4v) is 1.62. The summed E-state index contributed by atoms with van der Waals surface area (Å²) in [5.74, 6) is -2.55. The van der Waals surface area contributed by atoms with Gasteiger partial charge in [-0.1, -0.05) is 0 Å². The zero-order valence-corrected chi connectivity index (χ0v) is 14.6. The second-order valence-corrected chi connectivity index (χ2v) is 5.12. The van der Waals surface area contributed by atoms with Crippen molar-refractivity contribution in [1.29, 1.82) is 0 Å². The second-order valence-electron chi connectivity index (χ2n) is 5.12. The number of hydrogen-bond acceptors (Lipinski definition) is 10. The summed E-state index contributed by atoms with van der Waals surface area (Å²) in [4.78, 5) is 44.4. The molecule has 0 saturated carbocycles. The lowest BCUT2D eigenvalue weighted by Gasteiger charge is -2.07. The molecular weight excluding hydrogens is 352 g/mol. The Morgan fingerprint density at radius 1 is 0.577 bits per heavy atom. The summed E-state index contributed by atoms with van der Waals surface area (Å²) < 4.78 is 18.8. The van der Waals surface area contributed by atoms with E-state index < -0.39 is 31.1 Å². The van der Waals surface area contributed by atoms with Crippen molar-refractivity contribution in [3.8, 4) is 0 Å². The minimum absolute atomic E-state index is 0.0474. The Morgan fingerprint density at radius 2 is 1.12 bits per heavy atom. The monoisotopic (exact) mass is 378 g/mol. The van der Waals surface area contributed by atoms with Crippen LogP contribution in [0.4, 0.5) is 0 Å². The number of rotatable bonds is 15. The van der Waals surface area contributed by atoms with Gasteiger partial charge >= 0.3 is 23.9 Å². The fourth-order valence-electron chi connectivity index (χ4n) is 1.62. The zero-order valence-electron chi connectivity index (χ0n) is 14.6. The number of ether oxygens (including phenoxy) is 4. The van der Waals surface area contributed by atoms with Crippen molar-refractivity contribution >= 4 is 23.9 Å². The number of hydrogen-bond donors (Lipinski definition) is 2. The normalized spacial score (nSPS) is 10.1. The molecule has 0 heterocycles. The van der Waals surface area contributed by atoms with Gasteiger partial charge in [-0.15, -0.1) is 0 Å². The average molecular weight is 378 g/mol. The van der Waals surface area contributed by atoms with Crippen molar-refractivity contribution < 1.29 is 48.3 Å². The Hall–Kier alpha value is -2.20. The number of unbranched alkanes of at least 4 members (excludes halogenated alkanes) is 2. The highest BCUT2D eigenvalue weighted by molar-refractivity contribution is 5.76. The van der Waals surface area contributed by atoms with Gasteiger partial charge in [0.15, 0.2) is 6.61 Å². The van der Waals surface area contributed by atoms with E-state index in [1.54, 1.807) is 0 Å². The molecule has 0 radical (unpaired) electrons. The van der Waals surface area contributed by atoms with Gasteiger partial charge in [0.1, 0.15) is 19.8 Å². The SMILES string of the molecule is O=C(CO)OCC(=O)OCCOC(=O)CCCCOC(=O)CCCCO. The molecule has 10 nitrogen and oxygen atoms in total. The first kappa shape index (κ1) is 23.8. The van der Waals surface area contributed by atoms with Crippen molar-refractivity contribution in [3.05, 3.63) is 0 Å². The van der Waals surface area contributed by atoms with Gasteiger partial charge in [-0.05, 0) is 25.7 Å². The molecule has 0 amide bonds. The van der Waals surface area contributed by atoms with Crippen LogP contribution in [0.25, 0.3) is 0 Å². The molecule has 0 aromatic rings. The fraction of sp³-hybridized carbons (Fsp3) is 0.750. The molecule has 150 valence electrons. The molecule has 0 spiro atoms. The topological polar surface area (TPSA) is 146 Å². The van der Waals surface area contributed by atoms with Gasteiger partial charge in [0.05, 0.1) is 6.61 Å². The molecule has 0 aromatic carbocycles. The lowest BCUT2D eigenvalue weighted by Crippen LogP contribution is -2.20. The van der Waals surface area contributed by atoms with Gasteiger partial charge in [-0.2, -0.15) is 0 Å². The van der Waals surface area contributed by atoms with Crippen LogP contribution in [0.15, 0.2) is 0 Å². The first-order valence-electron chi connectivity index (χ1n) is 8.33. The summed E-state index contributed by atoms with van der Waals surface area (Å²) in [6, 6.07) is 0. The number of aliphatic hydroxyl groups is 2. The summed E-state index contributed by atoms with van der Waals surface area (Å²) in [5.41, 5.74) is 0. The lowest BCUT2D eigenvalue weighted by atomic mass is 10.2. The Bertz CT molecular complexity index is 435. The molecule has 0 fully saturated rings. The molecule has 0 aliphatic rings. The van der Waals surface area contributed by atoms with Crippen molar-refractivity contribution in [1.82, 2.24) is 0 Å². The van der Waals surface area contributed by atoms with E-state index in [0.29, 0.717) is 25.7 Å². The molecule has 0 rings (SSSR count). The molecule has 26 heavy (non-hydrogen) atoms. The van der Waals surface area contributed by atoms with E-state index >= 15 is 0 Å². The third kappa shape index (κ3) is 15.3. The summed E-state index contributed by atoms with van der Waals surface area (Å²) in [6.45, 7) is -1.48. The van der Waals surface area contributed by atoms with E-state index in [2.05, 4.69) is 9.47 Å². The molecule has 0 aromatic heterocycles. The maximum atomic E-state index is 11.4. The van der Waals surface area contributed by atoms with Crippen molar-refractivity contribution in [2.45, 2.75) is 38.5 Å². The summed E-state index contributed by atoms with van der Waals surface area (Å²) in [6.07, 6.45) is 2.55. The van der Waals surface area contributed by atoms with E-state index in [-0.39, 0.29) is 45.2 Å². The predicted octanol–water partition coefficient (Wildman–Crippen LogP) is -0.516. The molecule has 0 aliphatic carbocycles. The van der Waals surface area contributed by atoms with E-state index in [9.17, 15) is 19.2 Å². The Morgan fingerprint density at radius 3 is 1.69 bits per heavy atom. The predicted molar refractivity (Wildman–Crippen MR) is 85.7 cm³/mol. The van der Waals surface area contributed by atoms with Gasteiger partial charge in [-0.25, -0.2) is 9.59 Å². The first-order valence-corrected chi connectivity index (χ1v) is 8.33. The molecule has 10 heteroatoms. The van der Waals surface area contributed by atoms with Crippen LogP contribution in [0.3, 0.4) is 0 Å². The van der Waals surface area contributed by atoms with Crippen LogP contribution >= 0.6 is 0 Å². The second kappa shape index (κ2) is 16.3. The van der Waals surface area contributed by atoms with E-state index in [1.165, 1.54) is 0 Å². The van der Waals surface area contributed by atoms with Gasteiger partial charge in [0.25, 0.3) is 0 Å². The van der Waals surface area contributed by atoms with E-state index in [1.807, 2.05) is 0 Å². The van der Waals surface area contributed by atoms with E-state index in [4.69, 9.17) is 19.7 Å². The van der Waals surface area contributed by atoms with Crippen molar-refractivity contribution in [2.75, 3.05) is 39.6 Å². The number of carbonyl (C=O) groups is 4. The first-order chi connectivity index (χ1) is 12.5. The molecule has 0 unspecified atom stereocenters. The average Bonchev–Trinajstić information content (AvgIpc) is 2.63. The van der Waals surface area contributed by atoms with Crippen LogP contribution in [0.1, 0.15) is 38.5 Å². The van der Waals surface area contributed by atoms with Crippen LogP contribution in [0, 0.1) is 0 Å². The number of aliphatic hydroxyl groups excluding tert-OH is 2. The summed E-state index contributed by atoms with van der Waals surface area (Å²) in [5, 5.41) is 17.0. The standard InChI is InChI=1S/C16H26O10/c17-7-3-1-5-13(19)23-8-4-2-6-14(20)24-9-10-25-16(22)12-26-15(21)11-18/h17-18H,1-12H2. The van der Waals surface area contributed by atoms with Gasteiger partial charge in [-0.3, -0.25) is 9.59 Å². The quantitative estimate of drug-likeness (QED) is 0.217. The molecule has 0 bridgehead atoms. The third-order valence-electron chi connectivity index (χ3n) is 2.92. The highest BCUT2D eigenvalue weighted by atomic mass is 16.6. The van der Waals surface area contributed by atoms with E-state index in [0.717, 1.165) is 0 Å². The largest absolute Gasteiger partial charge is 0.466 e. The lowest BCUT2D eigenvalue weighted by molar-refractivity contribution is -0.162. The van der Waals surface area contributed by atoms with Gasteiger partial charge in [0.2, 0.25) is 0 Å². The Balaban J connectivity index is 3.48. The minimum atomic E-state index is -0.941. The molecule has 0 atom stereocenters. The van der Waals surface area contributed by atoms with Crippen molar-refractivity contribution in [3.63, 3.8) is 0 Å². The smallest absolute Gasteiger partial charge is 0.344 e. The highest BCUT2D eigenvalue weighted by Gasteiger charge is 2.08. The maximum Gasteiger partial charge on any atom is 0.344 e. The Labute approximate surface area is 151 Å². The number of carbonyl (C=O) groups excluding carboxylic acids is 4. The zero-order chi connectivity index (χ0) is 19.6.